The van der Waals surface area contributed by atoms with Crippen LogP contribution >= 0.6 is 56.7 Å². The van der Waals surface area contributed by atoms with Gasteiger partial charge in [0.25, 0.3) is 0 Å². The van der Waals surface area contributed by atoms with Gasteiger partial charge in [-0.2, -0.15) is 0 Å². The predicted molar refractivity (Wildman–Crippen MR) is 284 cm³/mol. The number of hydrogen-bond donors (Lipinski definition) is 0. The molecule has 0 fully saturated rings. The van der Waals surface area contributed by atoms with E-state index in [1.165, 1.54) is 145 Å². The number of rotatable bonds is 30. The summed E-state index contributed by atoms with van der Waals surface area (Å²) in [6.45, 7) is 19.2. The van der Waals surface area contributed by atoms with E-state index in [0.717, 1.165) is 0 Å². The van der Waals surface area contributed by atoms with Crippen molar-refractivity contribution in [2.24, 2.45) is 0 Å². The molecule has 0 aromatic carbocycles. The second kappa shape index (κ2) is 26.2. The van der Waals surface area contributed by atoms with Crippen LogP contribution in [0, 0.1) is 0 Å². The van der Waals surface area contributed by atoms with E-state index in [-0.39, 0.29) is 0 Å². The van der Waals surface area contributed by atoms with Crippen molar-refractivity contribution in [1.82, 2.24) is 0 Å². The first-order valence-electron chi connectivity index (χ1n) is 24.4. The normalized spacial score (nSPS) is 12.3. The van der Waals surface area contributed by atoms with E-state index in [9.17, 15) is 0 Å². The Bertz CT molecular complexity index is 1740. The molecule has 0 saturated heterocycles. The quantitative estimate of drug-likeness (QED) is 0.0402. The van der Waals surface area contributed by atoms with Crippen LogP contribution in [-0.4, -0.2) is 36.8 Å². The van der Waals surface area contributed by atoms with Crippen LogP contribution in [0.15, 0.2) is 48.5 Å². The summed E-state index contributed by atoms with van der Waals surface area (Å²) in [6, 6.07) is 20.3. The summed E-state index contributed by atoms with van der Waals surface area (Å²) >= 11 is 5.66. The van der Waals surface area contributed by atoms with Gasteiger partial charge in [0.2, 0.25) is 0 Å². The molecule has 5 rings (SSSR count). The molecule has 0 atom stereocenters. The Labute approximate surface area is 391 Å². The summed E-state index contributed by atoms with van der Waals surface area (Å²) in [5, 5.41) is 0. The standard InChI is InChI=1S/C28H26S5.6C4H9.2Sn/c1-3-5-7-19-15-17-29-27(19)25-13-11-23(32-25)21-9-10-22(31-21)24-12-14-26(33-24)28-20(8-6-4-2)16-18-30-28;6*1-3-4-2;;/h9-16H,3-8H2,1-2H3;6*1,3-4H2,2H3;;. The second-order valence-electron chi connectivity index (χ2n) is 17.8. The van der Waals surface area contributed by atoms with Gasteiger partial charge in [0.15, 0.2) is 0 Å². The van der Waals surface area contributed by atoms with Crippen LogP contribution in [-0.2, 0) is 12.8 Å². The van der Waals surface area contributed by atoms with Crippen molar-refractivity contribution >= 4 is 99.2 Å². The summed E-state index contributed by atoms with van der Waals surface area (Å²) < 4.78 is 13.2. The van der Waals surface area contributed by atoms with Crippen LogP contribution in [0.25, 0.3) is 39.0 Å². The molecule has 0 amide bonds. The molecular formula is C52H80S5Sn2. The molecule has 0 unspecified atom stereocenters. The van der Waals surface area contributed by atoms with Gasteiger partial charge in [-0.3, -0.25) is 0 Å². The Hall–Kier alpha value is 0.0974. The molecule has 0 radical (unpaired) electrons. The molecule has 5 heterocycles. The van der Waals surface area contributed by atoms with Gasteiger partial charge in [0.05, 0.1) is 0 Å². The molecule has 0 spiro atoms. The maximum absolute atomic E-state index is 2.79. The third-order valence-electron chi connectivity index (χ3n) is 13.1. The summed E-state index contributed by atoms with van der Waals surface area (Å²) in [6.07, 6.45) is 24.3. The molecule has 7 heteroatoms. The number of unbranched alkanes of at least 4 members (excludes halogenated alkanes) is 8. The van der Waals surface area contributed by atoms with Gasteiger partial charge in [-0.1, -0.05) is 0 Å². The van der Waals surface area contributed by atoms with Gasteiger partial charge in [-0.25, -0.2) is 0 Å². The Morgan fingerprint density at radius 1 is 0.322 bits per heavy atom. The van der Waals surface area contributed by atoms with Crippen molar-refractivity contribution in [3.63, 3.8) is 0 Å². The first-order chi connectivity index (χ1) is 28.8. The van der Waals surface area contributed by atoms with Gasteiger partial charge in [0, 0.05) is 0 Å². The van der Waals surface area contributed by atoms with Crippen LogP contribution < -0.4 is 5.79 Å². The van der Waals surface area contributed by atoms with Crippen LogP contribution in [0.1, 0.15) is 169 Å². The summed E-state index contributed by atoms with van der Waals surface area (Å²) in [7, 11) is 0. The van der Waals surface area contributed by atoms with Crippen molar-refractivity contribution in [3.8, 4) is 39.0 Å². The van der Waals surface area contributed by atoms with E-state index in [1.807, 2.05) is 17.1 Å². The van der Waals surface area contributed by atoms with Crippen molar-refractivity contribution in [2.45, 2.75) is 198 Å². The summed E-state index contributed by atoms with van der Waals surface area (Å²) in [5.74, 6) is 0. The minimum absolute atomic E-state index is 1.24. The zero-order valence-corrected chi connectivity index (χ0v) is 48.4. The zero-order chi connectivity index (χ0) is 42.1. The van der Waals surface area contributed by atoms with Gasteiger partial charge >= 0.3 is 395 Å². The van der Waals surface area contributed by atoms with Crippen molar-refractivity contribution < 1.29 is 0 Å². The first-order valence-corrected chi connectivity index (χ1v) is 43.5. The van der Waals surface area contributed by atoms with Gasteiger partial charge in [-0.05, 0) is 0 Å². The molecule has 0 aliphatic heterocycles. The molecule has 0 bridgehead atoms. The topological polar surface area (TPSA) is 0 Å². The average Bonchev–Trinajstić information content (AvgIpc) is 4.11. The molecule has 0 N–H and O–H groups in total. The van der Waals surface area contributed by atoms with E-state index < -0.39 is 36.8 Å². The van der Waals surface area contributed by atoms with Crippen LogP contribution in [0.2, 0.25) is 26.6 Å². The van der Waals surface area contributed by atoms with Crippen molar-refractivity contribution in [2.75, 3.05) is 0 Å². The molecule has 59 heavy (non-hydrogen) atoms. The van der Waals surface area contributed by atoms with Gasteiger partial charge < -0.3 is 0 Å². The fourth-order valence-corrected chi connectivity index (χ4v) is 53.6. The third kappa shape index (κ3) is 13.3. The van der Waals surface area contributed by atoms with Crippen molar-refractivity contribution in [3.05, 3.63) is 59.7 Å². The number of hydrogen-bond acceptors (Lipinski definition) is 5. The fourth-order valence-electron chi connectivity index (χ4n) is 9.27. The molecule has 5 aromatic rings. The van der Waals surface area contributed by atoms with Crippen LogP contribution in [0.3, 0.4) is 0 Å². The Kier molecular flexibility index (Phi) is 22.2. The number of thiophene rings is 5. The molecule has 0 nitrogen and oxygen atoms in total. The SMILES string of the molecule is CCCCc1c[c]([Sn]([CH2]CCC)([CH2]CCC)[CH2]CCC)sc1-c1ccc(-c2ccc(-c3ccc(-c4s[c]([Sn]([CH2]CCC)([CH2]CCC)[CH2]CCC)cc4CCCC)s3)s2)s1. The van der Waals surface area contributed by atoms with Crippen molar-refractivity contribution in [1.29, 1.82) is 0 Å². The van der Waals surface area contributed by atoms with Gasteiger partial charge in [-0.15, -0.1) is 0 Å². The van der Waals surface area contributed by atoms with E-state index in [0.29, 0.717) is 0 Å². The van der Waals surface area contributed by atoms with E-state index in [2.05, 4.69) is 149 Å². The van der Waals surface area contributed by atoms with E-state index >= 15 is 0 Å². The Balaban J connectivity index is 1.45. The van der Waals surface area contributed by atoms with E-state index in [1.54, 1.807) is 47.5 Å². The maximum atomic E-state index is 2.79. The van der Waals surface area contributed by atoms with Crippen LogP contribution in [0.5, 0.6) is 0 Å². The zero-order valence-electron chi connectivity index (χ0n) is 38.6. The molecule has 0 aliphatic carbocycles. The Morgan fingerprint density at radius 3 is 0.847 bits per heavy atom. The number of aryl methyl sites for hydroxylation is 2. The van der Waals surface area contributed by atoms with Gasteiger partial charge in [0.1, 0.15) is 0 Å². The van der Waals surface area contributed by atoms with E-state index in [4.69, 9.17) is 0 Å². The third-order valence-corrected chi connectivity index (χ3v) is 55.8. The molecule has 0 saturated carbocycles. The molecule has 326 valence electrons. The minimum atomic E-state index is -2.50. The monoisotopic (exact) mass is 1100 g/mol. The molecule has 5 aromatic heterocycles. The molecule has 0 aliphatic rings. The Morgan fingerprint density at radius 2 is 0.576 bits per heavy atom. The summed E-state index contributed by atoms with van der Waals surface area (Å²) in [4.78, 5) is 12.0. The molecular weight excluding hydrogens is 1020 g/mol. The second-order valence-corrected chi connectivity index (χ2v) is 51.5. The average molecular weight is 1100 g/mol. The fraction of sp³-hybridized carbons (Fsp3) is 0.615. The predicted octanol–water partition coefficient (Wildman–Crippen LogP) is 19.5. The summed E-state index contributed by atoms with van der Waals surface area (Å²) in [5.41, 5.74) is 3.34. The first kappa shape index (κ1) is 50.1. The van der Waals surface area contributed by atoms with Crippen LogP contribution in [0.4, 0.5) is 0 Å².